The molecule has 206 valence electrons. The van der Waals surface area contributed by atoms with Gasteiger partial charge in [-0.05, 0) is 55.8 Å². The Morgan fingerprint density at radius 3 is 2.42 bits per heavy atom. The second kappa shape index (κ2) is 12.4. The molecule has 0 aliphatic heterocycles. The molecule has 0 bridgehead atoms. The lowest BCUT2D eigenvalue weighted by Gasteiger charge is -2.24. The fraction of sp³-hybridized carbons (Fsp3) is 0.167. The van der Waals surface area contributed by atoms with E-state index in [4.69, 9.17) is 5.41 Å². The van der Waals surface area contributed by atoms with Crippen LogP contribution in [0.25, 0.3) is 0 Å². The minimum Gasteiger partial charge on any atom is -0.508 e. The number of urea groups is 1. The van der Waals surface area contributed by atoms with Crippen LogP contribution in [0.3, 0.4) is 0 Å². The fourth-order valence-corrected chi connectivity index (χ4v) is 6.10. The van der Waals surface area contributed by atoms with E-state index in [-0.39, 0.29) is 35.0 Å². The second-order valence-corrected chi connectivity index (χ2v) is 11.0. The Balaban J connectivity index is 1.58. The minimum absolute atomic E-state index is 0.0175. The lowest BCUT2D eigenvalue weighted by atomic mass is 9.97. The van der Waals surface area contributed by atoms with Crippen molar-refractivity contribution in [3.05, 3.63) is 114 Å². The van der Waals surface area contributed by atoms with Crippen molar-refractivity contribution in [2.45, 2.75) is 31.2 Å². The van der Waals surface area contributed by atoms with Crippen LogP contribution < -0.4 is 14.9 Å². The number of rotatable bonds is 10. The highest BCUT2D eigenvalue weighted by molar-refractivity contribution is 7.92. The first-order valence-electron chi connectivity index (χ1n) is 12.7. The summed E-state index contributed by atoms with van der Waals surface area (Å²) >= 11 is 0. The summed E-state index contributed by atoms with van der Waals surface area (Å²) in [5.41, 5.74) is 2.63. The van der Waals surface area contributed by atoms with Gasteiger partial charge in [0, 0.05) is 47.9 Å². The molecule has 3 aromatic carbocycles. The van der Waals surface area contributed by atoms with Crippen LogP contribution in [0.1, 0.15) is 36.1 Å². The van der Waals surface area contributed by atoms with Crippen molar-refractivity contribution in [3.63, 3.8) is 0 Å². The first-order valence-corrected chi connectivity index (χ1v) is 14.2. The van der Waals surface area contributed by atoms with Crippen LogP contribution >= 0.6 is 0 Å². The summed E-state index contributed by atoms with van der Waals surface area (Å²) in [5.74, 6) is -0.0175. The quantitative estimate of drug-likeness (QED) is 0.187. The van der Waals surface area contributed by atoms with Gasteiger partial charge in [0.05, 0.1) is 16.6 Å². The first-order chi connectivity index (χ1) is 19.2. The summed E-state index contributed by atoms with van der Waals surface area (Å²) in [7, 11) is -3.92. The molecule has 4 aromatic rings. The van der Waals surface area contributed by atoms with E-state index in [1.807, 2.05) is 6.07 Å². The van der Waals surface area contributed by atoms with E-state index in [2.05, 4.69) is 15.6 Å². The van der Waals surface area contributed by atoms with Crippen LogP contribution in [0.2, 0.25) is 0 Å². The van der Waals surface area contributed by atoms with Gasteiger partial charge in [-0.2, -0.15) is 0 Å². The molecule has 1 unspecified atom stereocenters. The monoisotopic (exact) mass is 557 g/mol. The largest absolute Gasteiger partial charge is 0.508 e. The van der Waals surface area contributed by atoms with Crippen LogP contribution in [0.4, 0.5) is 16.2 Å². The molecule has 1 atom stereocenters. The summed E-state index contributed by atoms with van der Waals surface area (Å²) in [6.45, 7) is 3.69. The average molecular weight is 558 g/mol. The minimum atomic E-state index is -3.92. The Morgan fingerprint density at radius 2 is 1.75 bits per heavy atom. The predicted octanol–water partition coefficient (Wildman–Crippen LogP) is 5.63. The molecule has 0 aliphatic carbocycles. The van der Waals surface area contributed by atoms with Gasteiger partial charge in [0.15, 0.2) is 0 Å². The maximum absolute atomic E-state index is 13.6. The summed E-state index contributed by atoms with van der Waals surface area (Å²) in [4.78, 5) is 17.3. The number of phenols is 1. The molecular formula is C30H31N5O4S. The van der Waals surface area contributed by atoms with Gasteiger partial charge in [0.25, 0.3) is 10.0 Å². The highest BCUT2D eigenvalue weighted by Gasteiger charge is 2.26. The molecule has 9 nitrogen and oxygen atoms in total. The van der Waals surface area contributed by atoms with E-state index in [0.29, 0.717) is 22.4 Å². The van der Waals surface area contributed by atoms with Gasteiger partial charge >= 0.3 is 6.03 Å². The first kappa shape index (κ1) is 28.3. The fourth-order valence-electron chi connectivity index (χ4n) is 4.37. The molecule has 0 fully saturated rings. The topological polar surface area (TPSA) is 135 Å². The van der Waals surface area contributed by atoms with Crippen molar-refractivity contribution in [1.29, 1.82) is 5.41 Å². The molecule has 1 aromatic heterocycles. The summed E-state index contributed by atoms with van der Waals surface area (Å²) in [5, 5.41) is 24.5. The standard InChI is InChI=1S/C30H31N5O4S/c1-3-35(24-11-5-4-6-12-24)40(38,39)29-18-23(16-15-21(29)2)33-30(37)34-27(25-13-7-8-14-28(25)36)19-26(31)22-10-9-17-32-20-22/h4-18,20,27,31,36H,3,19H2,1-2H3,(H2,33,34,37). The lowest BCUT2D eigenvalue weighted by molar-refractivity contribution is 0.248. The summed E-state index contributed by atoms with van der Waals surface area (Å²) in [6.07, 6.45) is 3.26. The van der Waals surface area contributed by atoms with E-state index in [0.717, 1.165) is 0 Å². The highest BCUT2D eigenvalue weighted by atomic mass is 32.2. The number of benzene rings is 3. The number of sulfonamides is 1. The number of nitrogens with one attached hydrogen (secondary N) is 3. The molecule has 4 N–H and O–H groups in total. The molecule has 0 saturated carbocycles. The maximum atomic E-state index is 13.6. The number of aryl methyl sites for hydroxylation is 1. The smallest absolute Gasteiger partial charge is 0.319 e. The molecule has 2 amide bonds. The zero-order valence-corrected chi connectivity index (χ0v) is 23.0. The second-order valence-electron chi connectivity index (χ2n) is 9.12. The van der Waals surface area contributed by atoms with E-state index in [1.165, 1.54) is 16.4 Å². The number of hydrogen-bond donors (Lipinski definition) is 4. The molecule has 10 heteroatoms. The number of carbonyl (C=O) groups excluding carboxylic acids is 1. The Hall–Kier alpha value is -4.70. The molecule has 0 radical (unpaired) electrons. The van der Waals surface area contributed by atoms with E-state index < -0.39 is 22.1 Å². The predicted molar refractivity (Wildman–Crippen MR) is 157 cm³/mol. The third-order valence-electron chi connectivity index (χ3n) is 6.38. The van der Waals surface area contributed by atoms with Gasteiger partial charge in [-0.15, -0.1) is 0 Å². The molecule has 4 rings (SSSR count). The van der Waals surface area contributed by atoms with Gasteiger partial charge in [0.1, 0.15) is 5.75 Å². The zero-order valence-electron chi connectivity index (χ0n) is 22.2. The van der Waals surface area contributed by atoms with Crippen LogP contribution in [0.5, 0.6) is 5.75 Å². The Labute approximate surface area is 234 Å². The number of hydrogen-bond acceptors (Lipinski definition) is 6. The summed E-state index contributed by atoms with van der Waals surface area (Å²) in [6, 6.07) is 22.2. The van der Waals surface area contributed by atoms with Gasteiger partial charge in [-0.3, -0.25) is 9.29 Å². The number of amides is 2. The normalized spacial score (nSPS) is 11.8. The van der Waals surface area contributed by atoms with Crippen molar-refractivity contribution >= 4 is 33.1 Å². The SMILES string of the molecule is CCN(c1ccccc1)S(=O)(=O)c1cc(NC(=O)NC(CC(=N)c2cccnc2)c2ccccc2O)ccc1C. The maximum Gasteiger partial charge on any atom is 0.319 e. The molecular weight excluding hydrogens is 526 g/mol. The Kier molecular flexibility index (Phi) is 8.80. The van der Waals surface area contributed by atoms with Crippen LogP contribution in [-0.2, 0) is 10.0 Å². The Morgan fingerprint density at radius 1 is 1.02 bits per heavy atom. The van der Waals surface area contributed by atoms with Gasteiger partial charge in [-0.25, -0.2) is 13.2 Å². The van der Waals surface area contributed by atoms with Gasteiger partial charge < -0.3 is 21.1 Å². The van der Waals surface area contributed by atoms with Crippen molar-refractivity contribution in [2.24, 2.45) is 0 Å². The van der Waals surface area contributed by atoms with Crippen LogP contribution in [-0.4, -0.2) is 36.8 Å². The summed E-state index contributed by atoms with van der Waals surface area (Å²) < 4.78 is 28.6. The zero-order chi connectivity index (χ0) is 28.7. The number of nitrogens with zero attached hydrogens (tertiary/aromatic N) is 2. The van der Waals surface area contributed by atoms with Crippen molar-refractivity contribution in [1.82, 2.24) is 10.3 Å². The number of pyridine rings is 1. The average Bonchev–Trinajstić information content (AvgIpc) is 2.95. The number of aromatic hydroxyl groups is 1. The van der Waals surface area contributed by atoms with Crippen LogP contribution in [0.15, 0.2) is 102 Å². The van der Waals surface area contributed by atoms with Crippen molar-refractivity contribution < 1.29 is 18.3 Å². The number of anilines is 2. The molecule has 1 heterocycles. The third kappa shape index (κ3) is 6.47. The van der Waals surface area contributed by atoms with Crippen molar-refractivity contribution in [2.75, 3.05) is 16.2 Å². The number of carbonyl (C=O) groups is 1. The third-order valence-corrected chi connectivity index (χ3v) is 8.43. The van der Waals surface area contributed by atoms with Crippen LogP contribution in [0, 0.1) is 12.3 Å². The highest BCUT2D eigenvalue weighted by Crippen LogP contribution is 2.29. The van der Waals surface area contributed by atoms with E-state index >= 15 is 0 Å². The lowest BCUT2D eigenvalue weighted by Crippen LogP contribution is -2.34. The van der Waals surface area contributed by atoms with Crippen molar-refractivity contribution in [3.8, 4) is 5.75 Å². The van der Waals surface area contributed by atoms with Gasteiger partial charge in [-0.1, -0.05) is 48.5 Å². The number of para-hydroxylation sites is 2. The Bertz CT molecular complexity index is 1600. The number of aromatic nitrogens is 1. The van der Waals surface area contributed by atoms with E-state index in [1.54, 1.807) is 93.0 Å². The van der Waals surface area contributed by atoms with E-state index in [9.17, 15) is 18.3 Å². The van der Waals surface area contributed by atoms with Gasteiger partial charge in [0.2, 0.25) is 0 Å². The molecule has 0 spiro atoms. The molecule has 0 saturated heterocycles. The molecule has 0 aliphatic rings. The number of phenolic OH excluding ortho intramolecular Hbond substituents is 1. The molecule has 40 heavy (non-hydrogen) atoms.